The SMILES string of the molecule is Cc1ccccc1-n1c(SC(C)C(=O)c2ccccc2)nnc1-c1ccc(C(C)(C)C)cc1. The van der Waals surface area contributed by atoms with Crippen molar-refractivity contribution in [2.45, 2.75) is 50.4 Å². The molecule has 1 unspecified atom stereocenters. The van der Waals surface area contributed by atoms with Crippen LogP contribution in [-0.4, -0.2) is 25.8 Å². The molecule has 0 saturated heterocycles. The summed E-state index contributed by atoms with van der Waals surface area (Å²) in [6.07, 6.45) is 0. The van der Waals surface area contributed by atoms with Crippen molar-refractivity contribution < 1.29 is 4.79 Å². The van der Waals surface area contributed by atoms with Gasteiger partial charge in [0.25, 0.3) is 0 Å². The number of aryl methyl sites for hydroxylation is 1. The fourth-order valence-corrected chi connectivity index (χ4v) is 4.67. The normalized spacial score (nSPS) is 12.5. The van der Waals surface area contributed by atoms with Gasteiger partial charge in [0.05, 0.1) is 10.9 Å². The van der Waals surface area contributed by atoms with Crippen LogP contribution in [0.1, 0.15) is 49.2 Å². The molecule has 0 spiro atoms. The lowest BCUT2D eigenvalue weighted by atomic mass is 9.87. The Hall–Kier alpha value is -3.18. The third-order valence-corrected chi connectivity index (χ3v) is 6.75. The van der Waals surface area contributed by atoms with E-state index in [9.17, 15) is 4.79 Å². The van der Waals surface area contributed by atoms with Gasteiger partial charge in [-0.15, -0.1) is 10.2 Å². The fraction of sp³-hybridized carbons (Fsp3) is 0.250. The average Bonchev–Trinajstić information content (AvgIpc) is 3.22. The minimum Gasteiger partial charge on any atom is -0.293 e. The van der Waals surface area contributed by atoms with Crippen molar-refractivity contribution in [3.63, 3.8) is 0 Å². The summed E-state index contributed by atoms with van der Waals surface area (Å²) in [5, 5.41) is 9.49. The third kappa shape index (κ3) is 4.93. The summed E-state index contributed by atoms with van der Waals surface area (Å²) in [4.78, 5) is 13.0. The van der Waals surface area contributed by atoms with Crippen LogP contribution in [0, 0.1) is 6.92 Å². The quantitative estimate of drug-likeness (QED) is 0.234. The molecule has 1 atom stereocenters. The van der Waals surface area contributed by atoms with Gasteiger partial charge in [-0.25, -0.2) is 0 Å². The second-order valence-electron chi connectivity index (χ2n) is 9.25. The van der Waals surface area contributed by atoms with Crippen molar-refractivity contribution in [2.75, 3.05) is 0 Å². The van der Waals surface area contributed by atoms with Crippen LogP contribution in [0.2, 0.25) is 0 Å². The molecule has 0 amide bonds. The number of nitrogens with zero attached hydrogens (tertiary/aromatic N) is 3. The van der Waals surface area contributed by atoms with Crippen LogP contribution in [0.3, 0.4) is 0 Å². The summed E-state index contributed by atoms with van der Waals surface area (Å²) in [7, 11) is 0. The molecule has 1 heterocycles. The standard InChI is InChI=1S/C28H29N3OS/c1-19-11-9-10-14-24(19)31-26(22-15-17-23(18-16-22)28(3,4)5)29-30-27(31)33-20(2)25(32)21-12-7-6-8-13-21/h6-18,20H,1-5H3. The molecule has 33 heavy (non-hydrogen) atoms. The maximum Gasteiger partial charge on any atom is 0.196 e. The Balaban J connectivity index is 1.75. The zero-order chi connectivity index (χ0) is 23.6. The van der Waals surface area contributed by atoms with Gasteiger partial charge in [0.1, 0.15) is 0 Å². The van der Waals surface area contributed by atoms with E-state index >= 15 is 0 Å². The number of benzene rings is 3. The molecule has 4 nitrogen and oxygen atoms in total. The van der Waals surface area contributed by atoms with Crippen molar-refractivity contribution in [1.29, 1.82) is 0 Å². The van der Waals surface area contributed by atoms with Crippen LogP contribution in [0.25, 0.3) is 17.1 Å². The van der Waals surface area contributed by atoms with Crippen molar-refractivity contribution in [3.8, 4) is 17.1 Å². The maximum absolute atomic E-state index is 13.0. The number of thioether (sulfide) groups is 1. The van der Waals surface area contributed by atoms with Gasteiger partial charge in [0.15, 0.2) is 16.8 Å². The lowest BCUT2D eigenvalue weighted by Gasteiger charge is -2.19. The molecule has 1 aromatic heterocycles. The van der Waals surface area contributed by atoms with Crippen molar-refractivity contribution in [3.05, 3.63) is 95.6 Å². The van der Waals surface area contributed by atoms with Crippen LogP contribution in [-0.2, 0) is 5.41 Å². The molecule has 0 N–H and O–H groups in total. The number of hydrogen-bond donors (Lipinski definition) is 0. The summed E-state index contributed by atoms with van der Waals surface area (Å²) in [5.41, 5.74) is 5.18. The Kier molecular flexibility index (Phi) is 6.52. The molecule has 0 fully saturated rings. The smallest absolute Gasteiger partial charge is 0.196 e. The van der Waals surface area contributed by atoms with E-state index in [0.29, 0.717) is 10.7 Å². The zero-order valence-corrected chi connectivity index (χ0v) is 20.6. The van der Waals surface area contributed by atoms with Gasteiger partial charge in [-0.05, 0) is 36.5 Å². The van der Waals surface area contributed by atoms with E-state index in [0.717, 1.165) is 22.6 Å². The Bertz CT molecular complexity index is 1250. The molecule has 4 aromatic rings. The minimum atomic E-state index is -0.296. The van der Waals surface area contributed by atoms with E-state index < -0.39 is 0 Å². The fourth-order valence-electron chi connectivity index (χ4n) is 3.73. The highest BCUT2D eigenvalue weighted by molar-refractivity contribution is 8.00. The Morgan fingerprint density at radius 3 is 2.15 bits per heavy atom. The molecule has 0 aliphatic carbocycles. The van der Waals surface area contributed by atoms with Crippen molar-refractivity contribution in [1.82, 2.24) is 14.8 Å². The van der Waals surface area contributed by atoms with Gasteiger partial charge >= 0.3 is 0 Å². The molecule has 0 radical (unpaired) electrons. The first-order valence-electron chi connectivity index (χ1n) is 11.1. The molecule has 5 heteroatoms. The van der Waals surface area contributed by atoms with E-state index in [2.05, 4.69) is 78.9 Å². The van der Waals surface area contributed by atoms with Crippen LogP contribution in [0.15, 0.2) is 84.0 Å². The number of hydrogen-bond acceptors (Lipinski definition) is 4. The van der Waals surface area contributed by atoms with Crippen LogP contribution >= 0.6 is 11.8 Å². The van der Waals surface area contributed by atoms with Crippen LogP contribution in [0.5, 0.6) is 0 Å². The molecular formula is C28H29N3OS. The van der Waals surface area contributed by atoms with E-state index in [1.54, 1.807) is 0 Å². The molecule has 3 aromatic carbocycles. The second-order valence-corrected chi connectivity index (χ2v) is 10.6. The predicted molar refractivity (Wildman–Crippen MR) is 136 cm³/mol. The lowest BCUT2D eigenvalue weighted by Crippen LogP contribution is -2.14. The highest BCUT2D eigenvalue weighted by Gasteiger charge is 2.23. The molecule has 0 bridgehead atoms. The summed E-state index contributed by atoms with van der Waals surface area (Å²) in [6.45, 7) is 10.6. The van der Waals surface area contributed by atoms with Gasteiger partial charge < -0.3 is 0 Å². The summed E-state index contributed by atoms with van der Waals surface area (Å²) >= 11 is 1.44. The molecule has 4 rings (SSSR count). The number of ketones is 1. The largest absolute Gasteiger partial charge is 0.293 e. The molecule has 168 valence electrons. The lowest BCUT2D eigenvalue weighted by molar-refractivity contribution is 0.0994. The number of carbonyl (C=O) groups excluding carboxylic acids is 1. The van der Waals surface area contributed by atoms with E-state index in [1.165, 1.54) is 17.3 Å². The zero-order valence-electron chi connectivity index (χ0n) is 19.7. The second kappa shape index (κ2) is 9.36. The first-order chi connectivity index (χ1) is 15.8. The summed E-state index contributed by atoms with van der Waals surface area (Å²) in [6, 6.07) is 26.1. The molecule has 0 saturated carbocycles. The predicted octanol–water partition coefficient (Wildman–Crippen LogP) is 6.90. The first kappa shape index (κ1) is 23.0. The average molecular weight is 456 g/mol. The molecule has 0 aliphatic rings. The highest BCUT2D eigenvalue weighted by atomic mass is 32.2. The number of carbonyl (C=O) groups is 1. The van der Waals surface area contributed by atoms with E-state index in [1.807, 2.05) is 49.4 Å². The van der Waals surface area contributed by atoms with Gasteiger partial charge in [-0.1, -0.05) is 105 Å². The van der Waals surface area contributed by atoms with Gasteiger partial charge in [0.2, 0.25) is 0 Å². The van der Waals surface area contributed by atoms with Crippen LogP contribution in [0.4, 0.5) is 0 Å². The Labute approximate surface area is 200 Å². The first-order valence-corrected chi connectivity index (χ1v) is 12.0. The van der Waals surface area contributed by atoms with Gasteiger partial charge in [-0.3, -0.25) is 9.36 Å². The van der Waals surface area contributed by atoms with Crippen molar-refractivity contribution in [2.24, 2.45) is 0 Å². The molecular weight excluding hydrogens is 426 g/mol. The number of aromatic nitrogens is 3. The Morgan fingerprint density at radius 1 is 0.879 bits per heavy atom. The highest BCUT2D eigenvalue weighted by Crippen LogP contribution is 2.33. The Morgan fingerprint density at radius 2 is 1.52 bits per heavy atom. The molecule has 0 aliphatic heterocycles. The van der Waals surface area contributed by atoms with Gasteiger partial charge in [-0.2, -0.15) is 0 Å². The summed E-state index contributed by atoms with van der Waals surface area (Å²) in [5.74, 6) is 0.850. The minimum absolute atomic E-state index is 0.0796. The van der Waals surface area contributed by atoms with E-state index in [-0.39, 0.29) is 16.4 Å². The van der Waals surface area contributed by atoms with Crippen molar-refractivity contribution >= 4 is 17.5 Å². The topological polar surface area (TPSA) is 47.8 Å². The van der Waals surface area contributed by atoms with Gasteiger partial charge in [0, 0.05) is 11.1 Å². The van der Waals surface area contributed by atoms with E-state index in [4.69, 9.17) is 0 Å². The maximum atomic E-state index is 13.0. The van der Waals surface area contributed by atoms with Crippen LogP contribution < -0.4 is 0 Å². The number of para-hydroxylation sites is 1. The monoisotopic (exact) mass is 455 g/mol. The number of Topliss-reactive ketones (excluding diaryl/α,β-unsaturated/α-hetero) is 1. The number of rotatable bonds is 6. The summed E-state index contributed by atoms with van der Waals surface area (Å²) < 4.78 is 2.07. The third-order valence-electron chi connectivity index (χ3n) is 5.71.